The van der Waals surface area contributed by atoms with Gasteiger partial charge >= 0.3 is 0 Å². The highest BCUT2D eigenvalue weighted by atomic mass is 32.1. The van der Waals surface area contributed by atoms with Crippen molar-refractivity contribution in [1.29, 1.82) is 0 Å². The lowest BCUT2D eigenvalue weighted by molar-refractivity contribution is 0.415. The summed E-state index contributed by atoms with van der Waals surface area (Å²) in [5, 5.41) is 3.42. The van der Waals surface area contributed by atoms with E-state index in [9.17, 15) is 0 Å². The summed E-state index contributed by atoms with van der Waals surface area (Å²) in [6.45, 7) is 0.941. The second-order valence-electron chi connectivity index (χ2n) is 3.72. The van der Waals surface area contributed by atoms with Crippen LogP contribution in [0.5, 0.6) is 5.75 Å². The Kier molecular flexibility index (Phi) is 2.29. The summed E-state index contributed by atoms with van der Waals surface area (Å²) in [6.07, 6.45) is 0.982. The van der Waals surface area contributed by atoms with Gasteiger partial charge in [0.1, 0.15) is 5.75 Å². The first kappa shape index (κ1) is 9.66. The van der Waals surface area contributed by atoms with Gasteiger partial charge in [-0.25, -0.2) is 4.98 Å². The number of methoxy groups -OCH3 is 1. The van der Waals surface area contributed by atoms with Crippen molar-refractivity contribution in [2.24, 2.45) is 0 Å². The van der Waals surface area contributed by atoms with Crippen LogP contribution in [-0.2, 0) is 6.42 Å². The van der Waals surface area contributed by atoms with E-state index in [1.54, 1.807) is 18.4 Å². The molecule has 0 saturated heterocycles. The van der Waals surface area contributed by atoms with E-state index in [0.29, 0.717) is 0 Å². The van der Waals surface area contributed by atoms with Crippen LogP contribution in [0.3, 0.4) is 0 Å². The van der Waals surface area contributed by atoms with Gasteiger partial charge in [0.15, 0.2) is 0 Å². The second kappa shape index (κ2) is 3.79. The fraction of sp³-hybridized carbons (Fsp3) is 0.250. The molecule has 82 valence electrons. The number of anilines is 1. The van der Waals surface area contributed by atoms with Crippen molar-refractivity contribution in [3.05, 3.63) is 29.4 Å². The molecule has 0 fully saturated rings. The average molecular weight is 232 g/mol. The normalized spacial score (nSPS) is 13.3. The molecule has 0 amide bonds. The van der Waals surface area contributed by atoms with Crippen molar-refractivity contribution in [3.63, 3.8) is 0 Å². The zero-order valence-electron chi connectivity index (χ0n) is 8.99. The molecule has 4 heteroatoms. The molecule has 16 heavy (non-hydrogen) atoms. The molecule has 1 aromatic heterocycles. The zero-order valence-corrected chi connectivity index (χ0v) is 9.80. The summed E-state index contributed by atoms with van der Waals surface area (Å²) in [5.74, 6) is 0.891. The van der Waals surface area contributed by atoms with Gasteiger partial charge in [-0.2, -0.15) is 0 Å². The summed E-state index contributed by atoms with van der Waals surface area (Å²) in [4.78, 5) is 5.67. The lowest BCUT2D eigenvalue weighted by Gasteiger charge is -2.09. The summed E-state index contributed by atoms with van der Waals surface area (Å²) in [6, 6.07) is 6.13. The fourth-order valence-corrected chi connectivity index (χ4v) is 2.85. The summed E-state index contributed by atoms with van der Waals surface area (Å²) in [7, 11) is 1.69. The Morgan fingerprint density at radius 2 is 2.38 bits per heavy atom. The number of ether oxygens (including phenoxy) is 1. The Bertz CT molecular complexity index is 521. The molecule has 1 aromatic carbocycles. The van der Waals surface area contributed by atoms with Gasteiger partial charge in [0, 0.05) is 24.2 Å². The van der Waals surface area contributed by atoms with E-state index in [1.807, 2.05) is 11.6 Å². The van der Waals surface area contributed by atoms with E-state index in [1.165, 1.54) is 21.8 Å². The van der Waals surface area contributed by atoms with E-state index >= 15 is 0 Å². The number of hydrogen-bond acceptors (Lipinski definition) is 4. The maximum Gasteiger partial charge on any atom is 0.119 e. The first-order valence-corrected chi connectivity index (χ1v) is 6.11. The van der Waals surface area contributed by atoms with Crippen LogP contribution in [0.1, 0.15) is 5.69 Å². The summed E-state index contributed by atoms with van der Waals surface area (Å²) < 4.78 is 5.27. The highest BCUT2D eigenvalue weighted by molar-refractivity contribution is 7.13. The van der Waals surface area contributed by atoms with Crippen LogP contribution in [0, 0.1) is 0 Å². The minimum atomic E-state index is 0.891. The van der Waals surface area contributed by atoms with Crippen LogP contribution < -0.4 is 10.1 Å². The third-order valence-electron chi connectivity index (χ3n) is 2.79. The van der Waals surface area contributed by atoms with Crippen LogP contribution in [0.4, 0.5) is 5.69 Å². The topological polar surface area (TPSA) is 34.1 Å². The van der Waals surface area contributed by atoms with Crippen molar-refractivity contribution < 1.29 is 4.74 Å². The molecule has 0 spiro atoms. The molecule has 2 heterocycles. The minimum absolute atomic E-state index is 0.891. The first-order chi connectivity index (χ1) is 7.88. The zero-order chi connectivity index (χ0) is 11.0. The number of aromatic nitrogens is 1. The van der Waals surface area contributed by atoms with Crippen molar-refractivity contribution in [1.82, 2.24) is 4.98 Å². The van der Waals surface area contributed by atoms with Crippen molar-refractivity contribution >= 4 is 17.0 Å². The molecule has 0 atom stereocenters. The average Bonchev–Trinajstić information content (AvgIpc) is 2.71. The Morgan fingerprint density at radius 3 is 3.25 bits per heavy atom. The van der Waals surface area contributed by atoms with Crippen LogP contribution in [0.15, 0.2) is 23.7 Å². The molecular formula is C12H12N2OS. The standard InChI is InChI=1S/C12H12N2OS/c1-15-8-2-3-10-9(6-8)12-11(4-5-13-10)14-7-16-12/h2-3,6-7,13H,4-5H2,1H3. The molecule has 3 nitrogen and oxygen atoms in total. The van der Waals surface area contributed by atoms with Crippen molar-refractivity contribution in [3.8, 4) is 16.2 Å². The Hall–Kier alpha value is -1.55. The maximum atomic E-state index is 5.27. The SMILES string of the molecule is COc1ccc2c(c1)-c1scnc1CCN2. The molecular weight excluding hydrogens is 220 g/mol. The van der Waals surface area contributed by atoms with Gasteiger partial charge in [-0.15, -0.1) is 11.3 Å². The molecule has 0 radical (unpaired) electrons. The highest BCUT2D eigenvalue weighted by Crippen LogP contribution is 2.38. The minimum Gasteiger partial charge on any atom is -0.497 e. The van der Waals surface area contributed by atoms with Gasteiger partial charge in [-0.1, -0.05) is 0 Å². The third-order valence-corrected chi connectivity index (χ3v) is 3.69. The summed E-state index contributed by atoms with van der Waals surface area (Å²) in [5.41, 5.74) is 5.47. The van der Waals surface area contributed by atoms with Crippen LogP contribution >= 0.6 is 11.3 Å². The Balaban J connectivity index is 2.21. The predicted molar refractivity (Wildman–Crippen MR) is 66.3 cm³/mol. The van der Waals surface area contributed by atoms with Gasteiger partial charge < -0.3 is 10.1 Å². The molecule has 1 N–H and O–H groups in total. The number of nitrogens with one attached hydrogen (secondary N) is 1. The van der Waals surface area contributed by atoms with Gasteiger partial charge in [-0.3, -0.25) is 0 Å². The Labute approximate surface area is 98.1 Å². The van der Waals surface area contributed by atoms with Crippen molar-refractivity contribution in [2.45, 2.75) is 6.42 Å². The van der Waals surface area contributed by atoms with E-state index < -0.39 is 0 Å². The molecule has 0 saturated carbocycles. The fourth-order valence-electron chi connectivity index (χ4n) is 1.97. The van der Waals surface area contributed by atoms with E-state index in [2.05, 4.69) is 22.4 Å². The maximum absolute atomic E-state index is 5.27. The predicted octanol–water partition coefficient (Wildman–Crippen LogP) is 2.79. The highest BCUT2D eigenvalue weighted by Gasteiger charge is 2.16. The second-order valence-corrected chi connectivity index (χ2v) is 4.57. The number of nitrogens with zero attached hydrogens (tertiary/aromatic N) is 1. The lowest BCUT2D eigenvalue weighted by Crippen LogP contribution is -2.02. The van der Waals surface area contributed by atoms with Crippen LogP contribution in [0.25, 0.3) is 10.4 Å². The number of rotatable bonds is 1. The molecule has 2 aromatic rings. The van der Waals surface area contributed by atoms with E-state index in [0.717, 1.165) is 18.7 Å². The molecule has 3 rings (SSSR count). The molecule has 1 aliphatic heterocycles. The number of fused-ring (bicyclic) bond motifs is 3. The van der Waals surface area contributed by atoms with Crippen LogP contribution in [0.2, 0.25) is 0 Å². The molecule has 0 aliphatic carbocycles. The quantitative estimate of drug-likeness (QED) is 0.821. The van der Waals surface area contributed by atoms with Crippen molar-refractivity contribution in [2.75, 3.05) is 19.0 Å². The van der Waals surface area contributed by atoms with E-state index in [-0.39, 0.29) is 0 Å². The molecule has 0 unspecified atom stereocenters. The van der Waals surface area contributed by atoms with Gasteiger partial charge in [0.2, 0.25) is 0 Å². The van der Waals surface area contributed by atoms with Gasteiger partial charge in [0.25, 0.3) is 0 Å². The van der Waals surface area contributed by atoms with Crippen LogP contribution in [-0.4, -0.2) is 18.6 Å². The van der Waals surface area contributed by atoms with Gasteiger partial charge in [0.05, 0.1) is 23.2 Å². The monoisotopic (exact) mass is 232 g/mol. The third kappa shape index (κ3) is 1.46. The smallest absolute Gasteiger partial charge is 0.119 e. The Morgan fingerprint density at radius 1 is 1.44 bits per heavy atom. The number of benzene rings is 1. The van der Waals surface area contributed by atoms with Gasteiger partial charge in [-0.05, 0) is 18.2 Å². The summed E-state index contributed by atoms with van der Waals surface area (Å²) >= 11 is 1.69. The number of hydrogen-bond donors (Lipinski definition) is 1. The first-order valence-electron chi connectivity index (χ1n) is 5.23. The molecule has 1 aliphatic rings. The van der Waals surface area contributed by atoms with E-state index in [4.69, 9.17) is 4.74 Å². The molecule has 0 bridgehead atoms. The number of thiazole rings is 1. The largest absolute Gasteiger partial charge is 0.497 e. The lowest BCUT2D eigenvalue weighted by atomic mass is 10.1.